The number of anilines is 1. The molecule has 4 nitrogen and oxygen atoms in total. The van der Waals surface area contributed by atoms with Gasteiger partial charge in [0.1, 0.15) is 11.5 Å². The van der Waals surface area contributed by atoms with Crippen LogP contribution in [0.25, 0.3) is 16.4 Å². The molecule has 0 saturated heterocycles. The summed E-state index contributed by atoms with van der Waals surface area (Å²) in [6.07, 6.45) is 1.63. The van der Waals surface area contributed by atoms with Crippen LogP contribution < -0.4 is 5.73 Å². The summed E-state index contributed by atoms with van der Waals surface area (Å²) in [5.41, 5.74) is 8.07. The first kappa shape index (κ1) is 10.4. The summed E-state index contributed by atoms with van der Waals surface area (Å²) in [6, 6.07) is 3.71. The van der Waals surface area contributed by atoms with Crippen LogP contribution in [-0.4, -0.2) is 9.38 Å². The lowest BCUT2D eigenvalue weighted by atomic mass is 10.1. The molecule has 88 valence electrons. The lowest BCUT2D eigenvalue weighted by molar-refractivity contribution is 0.581. The van der Waals surface area contributed by atoms with Crippen LogP contribution in [0.3, 0.4) is 0 Å². The van der Waals surface area contributed by atoms with Crippen molar-refractivity contribution in [3.05, 3.63) is 29.5 Å². The van der Waals surface area contributed by atoms with Crippen LogP contribution in [0.4, 0.5) is 5.82 Å². The first-order valence-electron chi connectivity index (χ1n) is 5.47. The van der Waals surface area contributed by atoms with E-state index in [1.807, 2.05) is 16.5 Å². The molecule has 0 unspecified atom stereocenters. The number of aromatic nitrogens is 2. The van der Waals surface area contributed by atoms with E-state index in [1.54, 1.807) is 17.6 Å². The number of thiazole rings is 1. The SMILES string of the molecule is CC(C)c1csc2nc(-c3ccco3)c(N)n12. The van der Waals surface area contributed by atoms with Gasteiger partial charge < -0.3 is 10.2 Å². The highest BCUT2D eigenvalue weighted by Crippen LogP contribution is 2.32. The number of nitrogen functional groups attached to an aromatic ring is 1. The highest BCUT2D eigenvalue weighted by Gasteiger charge is 2.18. The molecule has 17 heavy (non-hydrogen) atoms. The van der Waals surface area contributed by atoms with Gasteiger partial charge in [-0.05, 0) is 18.1 Å². The fourth-order valence-electron chi connectivity index (χ4n) is 1.90. The van der Waals surface area contributed by atoms with Gasteiger partial charge in [0.05, 0.1) is 6.26 Å². The molecule has 5 heteroatoms. The first-order valence-corrected chi connectivity index (χ1v) is 6.35. The molecule has 0 atom stereocenters. The fraction of sp³-hybridized carbons (Fsp3) is 0.250. The molecule has 0 spiro atoms. The Morgan fingerprint density at radius 3 is 2.94 bits per heavy atom. The predicted molar refractivity (Wildman–Crippen MR) is 69.3 cm³/mol. The summed E-state index contributed by atoms with van der Waals surface area (Å²) in [5, 5.41) is 2.11. The number of hydrogen-bond donors (Lipinski definition) is 1. The number of furan rings is 1. The van der Waals surface area contributed by atoms with Gasteiger partial charge in [-0.2, -0.15) is 0 Å². The van der Waals surface area contributed by atoms with Crippen LogP contribution in [0.2, 0.25) is 0 Å². The summed E-state index contributed by atoms with van der Waals surface area (Å²) < 4.78 is 7.36. The lowest BCUT2D eigenvalue weighted by Crippen LogP contribution is -1.99. The second kappa shape index (κ2) is 3.63. The topological polar surface area (TPSA) is 56.5 Å². The predicted octanol–water partition coefficient (Wildman–Crippen LogP) is 3.36. The van der Waals surface area contributed by atoms with Crippen molar-refractivity contribution in [2.75, 3.05) is 5.73 Å². The minimum Gasteiger partial charge on any atom is -0.463 e. The Morgan fingerprint density at radius 2 is 2.29 bits per heavy atom. The van der Waals surface area contributed by atoms with Crippen molar-refractivity contribution in [2.24, 2.45) is 0 Å². The van der Waals surface area contributed by atoms with E-state index in [9.17, 15) is 0 Å². The summed E-state index contributed by atoms with van der Waals surface area (Å²) in [6.45, 7) is 4.29. The standard InChI is InChI=1S/C12H13N3OS/c1-7(2)8-6-17-12-14-10(11(13)15(8)12)9-4-3-5-16-9/h3-7H,13H2,1-2H3. The minimum absolute atomic E-state index is 0.421. The maximum atomic E-state index is 6.16. The molecule has 0 aliphatic carbocycles. The van der Waals surface area contributed by atoms with Gasteiger partial charge in [0, 0.05) is 11.1 Å². The maximum Gasteiger partial charge on any atom is 0.196 e. The van der Waals surface area contributed by atoms with E-state index in [2.05, 4.69) is 24.2 Å². The first-order chi connectivity index (χ1) is 8.18. The molecular weight excluding hydrogens is 234 g/mol. The van der Waals surface area contributed by atoms with E-state index < -0.39 is 0 Å². The average Bonchev–Trinajstić information content (AvgIpc) is 2.95. The molecule has 3 rings (SSSR count). The van der Waals surface area contributed by atoms with Crippen molar-refractivity contribution in [1.82, 2.24) is 9.38 Å². The molecule has 0 aromatic carbocycles. The molecule has 0 radical (unpaired) electrons. The number of hydrogen-bond acceptors (Lipinski definition) is 4. The smallest absolute Gasteiger partial charge is 0.196 e. The van der Waals surface area contributed by atoms with Crippen LogP contribution in [0.15, 0.2) is 28.2 Å². The van der Waals surface area contributed by atoms with Crippen molar-refractivity contribution in [3.63, 3.8) is 0 Å². The van der Waals surface area contributed by atoms with Gasteiger partial charge in [0.15, 0.2) is 10.7 Å². The zero-order valence-corrected chi connectivity index (χ0v) is 10.5. The van der Waals surface area contributed by atoms with Crippen molar-refractivity contribution < 1.29 is 4.42 Å². The summed E-state index contributed by atoms with van der Waals surface area (Å²) in [4.78, 5) is 5.43. The minimum atomic E-state index is 0.421. The Hall–Kier alpha value is -1.75. The van der Waals surface area contributed by atoms with E-state index in [0.29, 0.717) is 17.5 Å². The molecule has 0 fully saturated rings. The highest BCUT2D eigenvalue weighted by molar-refractivity contribution is 7.15. The summed E-state index contributed by atoms with van der Waals surface area (Å²) in [5.74, 6) is 1.79. The second-order valence-electron chi connectivity index (χ2n) is 4.26. The lowest BCUT2D eigenvalue weighted by Gasteiger charge is -2.04. The zero-order valence-electron chi connectivity index (χ0n) is 9.68. The number of nitrogens with two attached hydrogens (primary N) is 1. The van der Waals surface area contributed by atoms with Crippen molar-refractivity contribution in [1.29, 1.82) is 0 Å². The van der Waals surface area contributed by atoms with E-state index in [-0.39, 0.29) is 0 Å². The fourth-order valence-corrected chi connectivity index (χ4v) is 2.95. The summed E-state index contributed by atoms with van der Waals surface area (Å²) in [7, 11) is 0. The molecule has 0 bridgehead atoms. The molecule has 0 saturated carbocycles. The number of nitrogens with zero attached hydrogens (tertiary/aromatic N) is 2. The van der Waals surface area contributed by atoms with Gasteiger partial charge in [0.2, 0.25) is 0 Å². The number of imidazole rings is 1. The molecule has 3 aromatic rings. The zero-order chi connectivity index (χ0) is 12.0. The molecule has 3 heterocycles. The number of fused-ring (bicyclic) bond motifs is 1. The number of rotatable bonds is 2. The van der Waals surface area contributed by atoms with Crippen LogP contribution in [0.5, 0.6) is 0 Å². The Morgan fingerprint density at radius 1 is 1.47 bits per heavy atom. The van der Waals surface area contributed by atoms with Crippen LogP contribution >= 0.6 is 11.3 Å². The van der Waals surface area contributed by atoms with Gasteiger partial charge in [0.25, 0.3) is 0 Å². The van der Waals surface area contributed by atoms with Crippen LogP contribution in [-0.2, 0) is 0 Å². The Labute approximate surface area is 103 Å². The van der Waals surface area contributed by atoms with E-state index >= 15 is 0 Å². The third kappa shape index (κ3) is 1.46. The molecular formula is C12H13N3OS. The van der Waals surface area contributed by atoms with E-state index in [4.69, 9.17) is 10.2 Å². The van der Waals surface area contributed by atoms with Crippen molar-refractivity contribution in [3.8, 4) is 11.5 Å². The highest BCUT2D eigenvalue weighted by atomic mass is 32.1. The Kier molecular flexibility index (Phi) is 2.22. The summed E-state index contributed by atoms with van der Waals surface area (Å²) >= 11 is 1.60. The average molecular weight is 247 g/mol. The second-order valence-corrected chi connectivity index (χ2v) is 5.09. The van der Waals surface area contributed by atoms with E-state index in [0.717, 1.165) is 10.7 Å². The Balaban J connectivity index is 2.27. The third-order valence-corrected chi connectivity index (χ3v) is 3.62. The molecule has 0 amide bonds. The quantitative estimate of drug-likeness (QED) is 0.755. The maximum absolute atomic E-state index is 6.16. The van der Waals surface area contributed by atoms with Crippen LogP contribution in [0, 0.1) is 0 Å². The van der Waals surface area contributed by atoms with Crippen molar-refractivity contribution >= 4 is 22.1 Å². The molecule has 2 N–H and O–H groups in total. The van der Waals surface area contributed by atoms with Crippen molar-refractivity contribution in [2.45, 2.75) is 19.8 Å². The normalized spacial score (nSPS) is 11.7. The molecule has 0 aliphatic heterocycles. The third-order valence-electron chi connectivity index (χ3n) is 2.77. The van der Waals surface area contributed by atoms with E-state index in [1.165, 1.54) is 5.69 Å². The Bertz CT molecular complexity index is 649. The monoisotopic (exact) mass is 247 g/mol. The van der Waals surface area contributed by atoms with Gasteiger partial charge in [-0.3, -0.25) is 4.40 Å². The van der Waals surface area contributed by atoms with Gasteiger partial charge in [-0.15, -0.1) is 11.3 Å². The van der Waals surface area contributed by atoms with Gasteiger partial charge in [-0.1, -0.05) is 13.8 Å². The van der Waals surface area contributed by atoms with Crippen LogP contribution in [0.1, 0.15) is 25.5 Å². The largest absolute Gasteiger partial charge is 0.463 e. The van der Waals surface area contributed by atoms with Gasteiger partial charge in [-0.25, -0.2) is 4.98 Å². The van der Waals surface area contributed by atoms with Gasteiger partial charge >= 0.3 is 0 Å². The molecule has 3 aromatic heterocycles. The molecule has 0 aliphatic rings.